The summed E-state index contributed by atoms with van der Waals surface area (Å²) in [7, 11) is 1.72. The second-order valence-corrected chi connectivity index (χ2v) is 5.38. The van der Waals surface area contributed by atoms with Crippen molar-refractivity contribution in [1.29, 1.82) is 0 Å². The van der Waals surface area contributed by atoms with Gasteiger partial charge >= 0.3 is 0 Å². The Bertz CT molecular complexity index is 676. The van der Waals surface area contributed by atoms with Gasteiger partial charge in [0.15, 0.2) is 0 Å². The second kappa shape index (κ2) is 5.86. The Hall–Kier alpha value is -2.17. The molecule has 2 rings (SSSR count). The van der Waals surface area contributed by atoms with Crippen LogP contribution in [0.5, 0.6) is 0 Å². The number of rotatable bonds is 4. The molecular formula is C15H19N3O2. The highest BCUT2D eigenvalue weighted by Gasteiger charge is 2.13. The number of amides is 1. The molecule has 1 aromatic carbocycles. The van der Waals surface area contributed by atoms with Crippen molar-refractivity contribution < 1.29 is 4.79 Å². The first kappa shape index (κ1) is 14.2. The molecule has 2 aromatic rings. The van der Waals surface area contributed by atoms with E-state index in [2.05, 4.69) is 9.97 Å². The van der Waals surface area contributed by atoms with Gasteiger partial charge in [0, 0.05) is 13.5 Å². The lowest BCUT2D eigenvalue weighted by molar-refractivity contribution is -0.131. The van der Waals surface area contributed by atoms with Crippen molar-refractivity contribution in [3.8, 4) is 0 Å². The van der Waals surface area contributed by atoms with E-state index in [0.717, 1.165) is 0 Å². The SMILES string of the molecule is CC(C)CC(=O)N(C)Cc1nc2ccccc2c(=O)[nH]1. The van der Waals surface area contributed by atoms with Crippen LogP contribution in [0.3, 0.4) is 0 Å². The van der Waals surface area contributed by atoms with Crippen molar-refractivity contribution in [2.45, 2.75) is 26.8 Å². The average molecular weight is 273 g/mol. The third kappa shape index (κ3) is 3.23. The maximum atomic E-state index is 11.9. The Labute approximate surface area is 117 Å². The Morgan fingerprint density at radius 1 is 1.35 bits per heavy atom. The van der Waals surface area contributed by atoms with Crippen LogP contribution < -0.4 is 5.56 Å². The summed E-state index contributed by atoms with van der Waals surface area (Å²) in [5.74, 6) is 0.873. The van der Waals surface area contributed by atoms with Crippen LogP contribution in [0.4, 0.5) is 0 Å². The molecule has 0 fully saturated rings. The van der Waals surface area contributed by atoms with Crippen LogP contribution in [0.15, 0.2) is 29.1 Å². The van der Waals surface area contributed by atoms with Gasteiger partial charge in [0.05, 0.1) is 17.4 Å². The number of carbonyl (C=O) groups excluding carboxylic acids is 1. The molecule has 0 saturated carbocycles. The summed E-state index contributed by atoms with van der Waals surface area (Å²) in [5.41, 5.74) is 0.478. The van der Waals surface area contributed by atoms with Gasteiger partial charge in [-0.2, -0.15) is 0 Å². The first-order valence-corrected chi connectivity index (χ1v) is 6.69. The Morgan fingerprint density at radius 2 is 2.05 bits per heavy atom. The first-order valence-electron chi connectivity index (χ1n) is 6.69. The van der Waals surface area contributed by atoms with Gasteiger partial charge in [-0.25, -0.2) is 4.98 Å². The minimum absolute atomic E-state index is 0.0517. The van der Waals surface area contributed by atoms with Gasteiger partial charge in [-0.15, -0.1) is 0 Å². The van der Waals surface area contributed by atoms with Crippen molar-refractivity contribution in [3.05, 3.63) is 40.4 Å². The quantitative estimate of drug-likeness (QED) is 0.925. The zero-order chi connectivity index (χ0) is 14.7. The topological polar surface area (TPSA) is 66.1 Å². The predicted octanol–water partition coefficient (Wildman–Crippen LogP) is 1.93. The number of fused-ring (bicyclic) bond motifs is 1. The summed E-state index contributed by atoms with van der Waals surface area (Å²) >= 11 is 0. The van der Waals surface area contributed by atoms with E-state index in [1.807, 2.05) is 19.9 Å². The summed E-state index contributed by atoms with van der Waals surface area (Å²) in [6.45, 7) is 4.31. The number of aromatic nitrogens is 2. The molecule has 0 radical (unpaired) electrons. The number of aromatic amines is 1. The van der Waals surface area contributed by atoms with Crippen LogP contribution >= 0.6 is 0 Å². The van der Waals surface area contributed by atoms with E-state index in [1.165, 1.54) is 0 Å². The molecule has 0 bridgehead atoms. The molecule has 0 unspecified atom stereocenters. The summed E-state index contributed by atoms with van der Waals surface area (Å²) < 4.78 is 0. The van der Waals surface area contributed by atoms with Crippen molar-refractivity contribution in [1.82, 2.24) is 14.9 Å². The lowest BCUT2D eigenvalue weighted by Crippen LogP contribution is -2.29. The number of benzene rings is 1. The molecule has 5 nitrogen and oxygen atoms in total. The number of nitrogens with zero attached hydrogens (tertiary/aromatic N) is 2. The molecule has 0 saturated heterocycles. The van der Waals surface area contributed by atoms with E-state index in [4.69, 9.17) is 0 Å². The molecule has 20 heavy (non-hydrogen) atoms. The van der Waals surface area contributed by atoms with E-state index in [-0.39, 0.29) is 11.5 Å². The van der Waals surface area contributed by atoms with E-state index in [9.17, 15) is 9.59 Å². The molecule has 0 aliphatic rings. The minimum atomic E-state index is -0.171. The van der Waals surface area contributed by atoms with E-state index in [0.29, 0.717) is 35.6 Å². The monoisotopic (exact) mass is 273 g/mol. The molecule has 1 amide bonds. The Kier molecular flexibility index (Phi) is 4.17. The van der Waals surface area contributed by atoms with Crippen molar-refractivity contribution >= 4 is 16.8 Å². The standard InChI is InChI=1S/C15H19N3O2/c1-10(2)8-14(19)18(3)9-13-16-12-7-5-4-6-11(12)15(20)17-13/h4-7,10H,8-9H2,1-3H3,(H,16,17,20). The van der Waals surface area contributed by atoms with Crippen LogP contribution in [0.2, 0.25) is 0 Å². The fraction of sp³-hybridized carbons (Fsp3) is 0.400. The summed E-state index contributed by atoms with van der Waals surface area (Å²) in [5, 5.41) is 0.562. The van der Waals surface area contributed by atoms with E-state index >= 15 is 0 Å². The fourth-order valence-electron chi connectivity index (χ4n) is 2.03. The molecular weight excluding hydrogens is 254 g/mol. The molecule has 0 aliphatic heterocycles. The van der Waals surface area contributed by atoms with Gasteiger partial charge in [-0.1, -0.05) is 26.0 Å². The molecule has 106 valence electrons. The van der Waals surface area contributed by atoms with Crippen molar-refractivity contribution in [3.63, 3.8) is 0 Å². The Morgan fingerprint density at radius 3 is 2.75 bits per heavy atom. The molecule has 5 heteroatoms. The number of nitrogens with one attached hydrogen (secondary N) is 1. The number of carbonyl (C=O) groups is 1. The van der Waals surface area contributed by atoms with Crippen LogP contribution in [-0.4, -0.2) is 27.8 Å². The highest BCUT2D eigenvalue weighted by Crippen LogP contribution is 2.08. The summed E-state index contributed by atoms with van der Waals surface area (Å²) in [4.78, 5) is 32.5. The lowest BCUT2D eigenvalue weighted by atomic mass is 10.1. The summed E-state index contributed by atoms with van der Waals surface area (Å²) in [6.07, 6.45) is 0.494. The van der Waals surface area contributed by atoms with E-state index < -0.39 is 0 Å². The van der Waals surface area contributed by atoms with E-state index in [1.54, 1.807) is 30.1 Å². The van der Waals surface area contributed by atoms with Gasteiger partial charge in [-0.05, 0) is 18.1 Å². The number of hydrogen-bond acceptors (Lipinski definition) is 3. The molecule has 0 atom stereocenters. The van der Waals surface area contributed by atoms with Crippen LogP contribution in [-0.2, 0) is 11.3 Å². The zero-order valence-electron chi connectivity index (χ0n) is 12.0. The van der Waals surface area contributed by atoms with Gasteiger partial charge in [0.2, 0.25) is 5.91 Å². The van der Waals surface area contributed by atoms with Crippen LogP contribution in [0, 0.1) is 5.92 Å². The molecule has 0 spiro atoms. The maximum absolute atomic E-state index is 11.9. The smallest absolute Gasteiger partial charge is 0.258 e. The lowest BCUT2D eigenvalue weighted by Gasteiger charge is -2.17. The fourth-order valence-corrected chi connectivity index (χ4v) is 2.03. The van der Waals surface area contributed by atoms with Crippen LogP contribution in [0.25, 0.3) is 10.9 Å². The van der Waals surface area contributed by atoms with Crippen molar-refractivity contribution in [2.24, 2.45) is 5.92 Å². The minimum Gasteiger partial charge on any atom is -0.338 e. The highest BCUT2D eigenvalue weighted by atomic mass is 16.2. The molecule has 1 N–H and O–H groups in total. The molecule has 1 heterocycles. The first-order chi connectivity index (χ1) is 9.47. The molecule has 1 aromatic heterocycles. The third-order valence-corrected chi connectivity index (χ3v) is 3.06. The molecule has 0 aliphatic carbocycles. The predicted molar refractivity (Wildman–Crippen MR) is 78.3 cm³/mol. The zero-order valence-corrected chi connectivity index (χ0v) is 12.0. The average Bonchev–Trinajstić information content (AvgIpc) is 2.38. The maximum Gasteiger partial charge on any atom is 0.258 e. The largest absolute Gasteiger partial charge is 0.338 e. The normalized spacial score (nSPS) is 11.0. The number of hydrogen-bond donors (Lipinski definition) is 1. The number of para-hydroxylation sites is 1. The van der Waals surface area contributed by atoms with Gasteiger partial charge in [0.25, 0.3) is 5.56 Å². The van der Waals surface area contributed by atoms with Crippen molar-refractivity contribution in [2.75, 3.05) is 7.05 Å². The van der Waals surface area contributed by atoms with Gasteiger partial charge in [-0.3, -0.25) is 9.59 Å². The third-order valence-electron chi connectivity index (χ3n) is 3.06. The highest BCUT2D eigenvalue weighted by molar-refractivity contribution is 5.77. The van der Waals surface area contributed by atoms with Gasteiger partial charge < -0.3 is 9.88 Å². The Balaban J connectivity index is 2.22. The number of H-pyrrole nitrogens is 1. The van der Waals surface area contributed by atoms with Crippen LogP contribution in [0.1, 0.15) is 26.1 Å². The second-order valence-electron chi connectivity index (χ2n) is 5.38. The van der Waals surface area contributed by atoms with Gasteiger partial charge in [0.1, 0.15) is 5.82 Å². The summed E-state index contributed by atoms with van der Waals surface area (Å²) in [6, 6.07) is 7.17.